The number of hydrogen-bond donors (Lipinski definition) is 2. The van der Waals surface area contributed by atoms with Crippen molar-refractivity contribution in [3.8, 4) is 0 Å². The van der Waals surface area contributed by atoms with Crippen molar-refractivity contribution < 1.29 is 18.4 Å². The Morgan fingerprint density at radius 2 is 1.92 bits per heavy atom. The number of anilines is 1. The molecule has 2 aromatic rings. The second-order valence-corrected chi connectivity index (χ2v) is 8.36. The molecule has 25 heavy (non-hydrogen) atoms. The normalized spacial score (nSPS) is 16.2. The molecule has 0 saturated carbocycles. The smallest absolute Gasteiger partial charge is 0.265 e. The minimum Gasteiger partial charge on any atom is -0.289 e. The third-order valence-corrected chi connectivity index (χ3v) is 6.58. The van der Waals surface area contributed by atoms with E-state index in [-0.39, 0.29) is 12.3 Å². The number of sulfonamides is 1. The minimum absolute atomic E-state index is 0.268. The van der Waals surface area contributed by atoms with Gasteiger partial charge in [0.1, 0.15) is 0 Å². The number of carbonyl (C=O) groups is 1. The summed E-state index contributed by atoms with van der Waals surface area (Å²) in [7, 11) is -3.49. The van der Waals surface area contributed by atoms with Crippen molar-refractivity contribution in [3.63, 3.8) is 0 Å². The molecule has 1 aliphatic heterocycles. The number of benzene rings is 2. The molecule has 1 aliphatic rings. The van der Waals surface area contributed by atoms with Crippen LogP contribution in [0.25, 0.3) is 10.8 Å². The molecule has 2 aromatic carbocycles. The van der Waals surface area contributed by atoms with Gasteiger partial charge in [0.2, 0.25) is 5.91 Å². The number of nitrogens with one attached hydrogen (secondary N) is 1. The number of hydroxylamine groups is 1. The van der Waals surface area contributed by atoms with E-state index in [0.29, 0.717) is 24.3 Å². The zero-order valence-electron chi connectivity index (χ0n) is 14.1. The van der Waals surface area contributed by atoms with Gasteiger partial charge in [0.25, 0.3) is 10.0 Å². The van der Waals surface area contributed by atoms with E-state index in [1.54, 1.807) is 17.6 Å². The zero-order chi connectivity index (χ0) is 18.0. The minimum atomic E-state index is -3.49. The number of hydrogen-bond acceptors (Lipinski definition) is 4. The van der Waals surface area contributed by atoms with Crippen LogP contribution >= 0.6 is 0 Å². The van der Waals surface area contributed by atoms with Gasteiger partial charge in [0.05, 0.1) is 10.6 Å². The van der Waals surface area contributed by atoms with Crippen LogP contribution in [-0.2, 0) is 14.8 Å². The van der Waals surface area contributed by atoms with Crippen molar-refractivity contribution in [1.82, 2.24) is 5.48 Å². The molecule has 3 rings (SSSR count). The Hall–Kier alpha value is -2.12. The second-order valence-electron chi connectivity index (χ2n) is 6.53. The van der Waals surface area contributed by atoms with Crippen LogP contribution in [0.4, 0.5) is 5.69 Å². The fourth-order valence-corrected chi connectivity index (χ4v) is 5.11. The Balaban J connectivity index is 1.68. The lowest BCUT2D eigenvalue weighted by atomic mass is 9.99. The van der Waals surface area contributed by atoms with E-state index in [9.17, 15) is 13.2 Å². The van der Waals surface area contributed by atoms with Crippen LogP contribution in [0.5, 0.6) is 0 Å². The van der Waals surface area contributed by atoms with E-state index in [2.05, 4.69) is 0 Å². The van der Waals surface area contributed by atoms with Crippen molar-refractivity contribution in [2.75, 3.05) is 10.8 Å². The molecule has 0 bridgehead atoms. The van der Waals surface area contributed by atoms with Crippen molar-refractivity contribution in [1.29, 1.82) is 0 Å². The van der Waals surface area contributed by atoms with Gasteiger partial charge in [-0.2, -0.15) is 0 Å². The van der Waals surface area contributed by atoms with Gasteiger partial charge in [-0.25, -0.2) is 13.9 Å². The van der Waals surface area contributed by atoms with Crippen molar-refractivity contribution >= 4 is 32.4 Å². The summed E-state index contributed by atoms with van der Waals surface area (Å²) in [5, 5.41) is 10.2. The highest BCUT2D eigenvalue weighted by atomic mass is 32.2. The lowest BCUT2D eigenvalue weighted by Crippen LogP contribution is -2.28. The van der Waals surface area contributed by atoms with E-state index in [1.165, 1.54) is 4.31 Å². The van der Waals surface area contributed by atoms with Crippen LogP contribution in [0.1, 0.15) is 32.6 Å². The fraction of sp³-hybridized carbons (Fsp3) is 0.389. The van der Waals surface area contributed by atoms with Gasteiger partial charge in [-0.15, -0.1) is 0 Å². The van der Waals surface area contributed by atoms with Gasteiger partial charge in [0.15, 0.2) is 0 Å². The fourth-order valence-electron chi connectivity index (χ4n) is 3.36. The first-order valence-electron chi connectivity index (χ1n) is 8.42. The van der Waals surface area contributed by atoms with Crippen molar-refractivity contribution in [2.24, 2.45) is 5.92 Å². The van der Waals surface area contributed by atoms with E-state index in [0.717, 1.165) is 22.9 Å². The summed E-state index contributed by atoms with van der Waals surface area (Å²) in [4.78, 5) is 11.5. The van der Waals surface area contributed by atoms with Gasteiger partial charge in [0, 0.05) is 18.4 Å². The third-order valence-electron chi connectivity index (χ3n) is 4.73. The maximum Gasteiger partial charge on any atom is 0.265 e. The Morgan fingerprint density at radius 3 is 2.64 bits per heavy atom. The topological polar surface area (TPSA) is 86.7 Å². The molecule has 1 unspecified atom stereocenters. The van der Waals surface area contributed by atoms with E-state index in [1.807, 2.05) is 31.2 Å². The first kappa shape index (κ1) is 17.7. The molecule has 0 aliphatic carbocycles. The molecule has 0 fully saturated rings. The summed E-state index contributed by atoms with van der Waals surface area (Å²) in [6.45, 7) is 2.45. The van der Waals surface area contributed by atoms with E-state index in [4.69, 9.17) is 5.21 Å². The summed E-state index contributed by atoms with van der Waals surface area (Å²) in [6.07, 6.45) is 2.46. The standard InChI is InChI=1S/C18H22N2O4S/c1-13(10-11-17(21)19-22)5-4-12-20-15-8-2-6-14-7-3-9-16(18(14)15)25(20,23)24/h2-3,6-9,13,22H,4-5,10-12H2,1H3,(H,19,21). The molecule has 1 atom stereocenters. The SMILES string of the molecule is CC(CCCN1c2cccc3cccc(c23)S1(=O)=O)CCC(=O)NO. The van der Waals surface area contributed by atoms with Gasteiger partial charge >= 0.3 is 0 Å². The average Bonchev–Trinajstić information content (AvgIpc) is 2.83. The molecule has 0 radical (unpaired) electrons. The van der Waals surface area contributed by atoms with Crippen molar-refractivity contribution in [2.45, 2.75) is 37.5 Å². The molecule has 2 N–H and O–H groups in total. The summed E-state index contributed by atoms with van der Waals surface area (Å²) in [5.74, 6) is -0.114. The summed E-state index contributed by atoms with van der Waals surface area (Å²) in [5.41, 5.74) is 2.38. The third kappa shape index (κ3) is 3.34. The van der Waals surface area contributed by atoms with Gasteiger partial charge < -0.3 is 0 Å². The molecule has 1 amide bonds. The molecule has 134 valence electrons. The largest absolute Gasteiger partial charge is 0.289 e. The van der Waals surface area contributed by atoms with Crippen LogP contribution in [0.15, 0.2) is 41.3 Å². The van der Waals surface area contributed by atoms with Crippen LogP contribution in [0.2, 0.25) is 0 Å². The Kier molecular flexibility index (Phi) is 4.96. The van der Waals surface area contributed by atoms with Crippen LogP contribution in [0, 0.1) is 5.92 Å². The molecular formula is C18H22N2O4S. The van der Waals surface area contributed by atoms with Gasteiger partial charge in [-0.1, -0.05) is 31.2 Å². The Bertz CT molecular complexity index is 890. The van der Waals surface area contributed by atoms with Gasteiger partial charge in [-0.3, -0.25) is 14.3 Å². The van der Waals surface area contributed by atoms with Crippen LogP contribution < -0.4 is 9.79 Å². The zero-order valence-corrected chi connectivity index (χ0v) is 14.9. The number of nitrogens with zero attached hydrogens (tertiary/aromatic N) is 1. The van der Waals surface area contributed by atoms with Gasteiger partial charge in [-0.05, 0) is 42.7 Å². The summed E-state index contributed by atoms with van der Waals surface area (Å²) in [6, 6.07) is 11.0. The predicted molar refractivity (Wildman–Crippen MR) is 96.0 cm³/mol. The number of amides is 1. The summed E-state index contributed by atoms with van der Waals surface area (Å²) >= 11 is 0. The molecule has 6 nitrogen and oxygen atoms in total. The Labute approximate surface area is 147 Å². The molecule has 0 aromatic heterocycles. The van der Waals surface area contributed by atoms with Crippen molar-refractivity contribution in [3.05, 3.63) is 36.4 Å². The Morgan fingerprint density at radius 1 is 1.20 bits per heavy atom. The first-order chi connectivity index (χ1) is 11.9. The molecular weight excluding hydrogens is 340 g/mol. The lowest BCUT2D eigenvalue weighted by molar-refractivity contribution is -0.129. The molecule has 7 heteroatoms. The maximum atomic E-state index is 12.8. The first-order valence-corrected chi connectivity index (χ1v) is 9.86. The lowest BCUT2D eigenvalue weighted by Gasteiger charge is -2.20. The monoisotopic (exact) mass is 362 g/mol. The molecule has 0 saturated heterocycles. The molecule has 1 heterocycles. The van der Waals surface area contributed by atoms with E-state index >= 15 is 0 Å². The molecule has 0 spiro atoms. The summed E-state index contributed by atoms with van der Waals surface area (Å²) < 4.78 is 27.2. The highest BCUT2D eigenvalue weighted by Gasteiger charge is 2.34. The number of carbonyl (C=O) groups excluding carboxylic acids is 1. The van der Waals surface area contributed by atoms with Crippen LogP contribution in [0.3, 0.4) is 0 Å². The number of rotatable bonds is 7. The quantitative estimate of drug-likeness (QED) is 0.585. The maximum absolute atomic E-state index is 12.8. The highest BCUT2D eigenvalue weighted by Crippen LogP contribution is 2.42. The second kappa shape index (κ2) is 7.01. The van der Waals surface area contributed by atoms with Crippen LogP contribution in [-0.4, -0.2) is 26.1 Å². The highest BCUT2D eigenvalue weighted by molar-refractivity contribution is 7.93. The average molecular weight is 362 g/mol. The predicted octanol–water partition coefficient (Wildman–Crippen LogP) is 3.05. The van der Waals surface area contributed by atoms with E-state index < -0.39 is 15.9 Å².